The number of thiocarbonyl (C=S) groups is 1. The third-order valence-electron chi connectivity index (χ3n) is 4.18. The third kappa shape index (κ3) is 5.29. The zero-order chi connectivity index (χ0) is 19.9. The summed E-state index contributed by atoms with van der Waals surface area (Å²) < 4.78 is 0.470. The summed E-state index contributed by atoms with van der Waals surface area (Å²) in [5, 5.41) is 11.2. The van der Waals surface area contributed by atoms with Crippen LogP contribution in [0, 0.1) is 0 Å². The van der Waals surface area contributed by atoms with E-state index in [1.54, 1.807) is 16.2 Å². The van der Waals surface area contributed by atoms with Crippen molar-refractivity contribution in [3.05, 3.63) is 63.2 Å². The van der Waals surface area contributed by atoms with Gasteiger partial charge in [-0.2, -0.15) is 0 Å². The molecule has 1 aliphatic heterocycles. The summed E-state index contributed by atoms with van der Waals surface area (Å²) in [6.45, 7) is 0.812. The number of thioether (sulfide) groups is 1. The van der Waals surface area contributed by atoms with Crippen LogP contribution in [-0.2, 0) is 16.1 Å². The molecule has 1 aromatic heterocycles. The van der Waals surface area contributed by atoms with Gasteiger partial charge < -0.3 is 10.0 Å². The smallest absolute Gasteiger partial charge is 0.266 e. The molecule has 8 heteroatoms. The average molecular weight is 433 g/mol. The molecule has 2 heterocycles. The van der Waals surface area contributed by atoms with Crippen LogP contribution in [0.1, 0.15) is 16.9 Å². The van der Waals surface area contributed by atoms with Crippen LogP contribution >= 0.6 is 35.3 Å². The highest BCUT2D eigenvalue weighted by atomic mass is 32.2. The van der Waals surface area contributed by atoms with Crippen molar-refractivity contribution in [1.29, 1.82) is 0 Å². The number of carbonyl (C=O) groups is 2. The molecule has 0 bridgehead atoms. The van der Waals surface area contributed by atoms with Crippen LogP contribution in [0.4, 0.5) is 0 Å². The Morgan fingerprint density at radius 1 is 1.21 bits per heavy atom. The first kappa shape index (κ1) is 20.7. The molecule has 3 rings (SSSR count). The maximum Gasteiger partial charge on any atom is 0.266 e. The van der Waals surface area contributed by atoms with Gasteiger partial charge in [0.15, 0.2) is 0 Å². The molecule has 0 radical (unpaired) electrons. The quantitative estimate of drug-likeness (QED) is 0.512. The van der Waals surface area contributed by atoms with E-state index < -0.39 is 0 Å². The van der Waals surface area contributed by atoms with Crippen molar-refractivity contribution < 1.29 is 14.7 Å². The lowest BCUT2D eigenvalue weighted by molar-refractivity contribution is -0.132. The van der Waals surface area contributed by atoms with Gasteiger partial charge in [-0.15, -0.1) is 11.3 Å². The maximum absolute atomic E-state index is 12.7. The molecule has 1 N–H and O–H groups in total. The van der Waals surface area contributed by atoms with Gasteiger partial charge in [-0.3, -0.25) is 14.5 Å². The first-order valence-corrected chi connectivity index (χ1v) is 10.9. The standard InChI is InChI=1S/C20H20N2O3S3/c23-11-10-21(14-15-5-2-1-3-6-15)18(24)8-9-22-19(25)17(28-20(22)26)13-16-7-4-12-27-16/h1-7,12-13,23H,8-11,14H2/b17-13+. The van der Waals surface area contributed by atoms with E-state index in [-0.39, 0.29) is 37.9 Å². The van der Waals surface area contributed by atoms with Gasteiger partial charge in [0, 0.05) is 30.9 Å². The molecule has 2 aromatic rings. The van der Waals surface area contributed by atoms with Crippen molar-refractivity contribution in [2.45, 2.75) is 13.0 Å². The lowest BCUT2D eigenvalue weighted by Crippen LogP contribution is -2.37. The Morgan fingerprint density at radius 2 is 2.00 bits per heavy atom. The second kappa shape index (κ2) is 9.97. The number of aliphatic hydroxyl groups excluding tert-OH is 1. The van der Waals surface area contributed by atoms with Gasteiger partial charge in [0.1, 0.15) is 4.32 Å². The number of rotatable bonds is 8. The zero-order valence-electron chi connectivity index (χ0n) is 15.1. The normalized spacial score (nSPS) is 15.5. The van der Waals surface area contributed by atoms with Crippen LogP contribution in [0.25, 0.3) is 6.08 Å². The molecule has 0 unspecified atom stereocenters. The van der Waals surface area contributed by atoms with Gasteiger partial charge in [0.2, 0.25) is 5.91 Å². The summed E-state index contributed by atoms with van der Waals surface area (Å²) in [7, 11) is 0. The molecule has 146 valence electrons. The molecule has 5 nitrogen and oxygen atoms in total. The van der Waals surface area contributed by atoms with Crippen LogP contribution in [0.2, 0.25) is 0 Å². The van der Waals surface area contributed by atoms with E-state index in [0.717, 1.165) is 10.4 Å². The molecule has 2 amide bonds. The molecule has 0 saturated carbocycles. The molecule has 28 heavy (non-hydrogen) atoms. The number of hydrogen-bond acceptors (Lipinski definition) is 6. The van der Waals surface area contributed by atoms with Gasteiger partial charge in [0.05, 0.1) is 11.5 Å². The van der Waals surface area contributed by atoms with Crippen LogP contribution in [-0.4, -0.2) is 50.7 Å². The average Bonchev–Trinajstić information content (AvgIpc) is 3.29. The molecule has 1 fully saturated rings. The van der Waals surface area contributed by atoms with Crippen LogP contribution in [0.5, 0.6) is 0 Å². The molecule has 0 spiro atoms. The van der Waals surface area contributed by atoms with Crippen molar-refractivity contribution in [1.82, 2.24) is 9.80 Å². The van der Waals surface area contributed by atoms with Crippen LogP contribution in [0.15, 0.2) is 52.7 Å². The van der Waals surface area contributed by atoms with Crippen molar-refractivity contribution in [3.8, 4) is 0 Å². The minimum atomic E-state index is -0.159. The number of amides is 2. The lowest BCUT2D eigenvalue weighted by atomic mass is 10.2. The fourth-order valence-corrected chi connectivity index (χ4v) is 4.81. The summed E-state index contributed by atoms with van der Waals surface area (Å²) in [5.41, 5.74) is 0.994. The second-order valence-corrected chi connectivity index (χ2v) is 8.78. The summed E-state index contributed by atoms with van der Waals surface area (Å²) in [6, 6.07) is 13.5. The lowest BCUT2D eigenvalue weighted by Gasteiger charge is -2.23. The topological polar surface area (TPSA) is 60.9 Å². The van der Waals surface area contributed by atoms with Crippen molar-refractivity contribution in [3.63, 3.8) is 0 Å². The monoisotopic (exact) mass is 432 g/mol. The van der Waals surface area contributed by atoms with Crippen molar-refractivity contribution in [2.75, 3.05) is 19.7 Å². The Hall–Kier alpha value is -2.00. The zero-order valence-corrected chi connectivity index (χ0v) is 17.6. The maximum atomic E-state index is 12.7. The summed E-state index contributed by atoms with van der Waals surface area (Å²) in [4.78, 5) is 30.0. The number of aliphatic hydroxyl groups is 1. The first-order chi connectivity index (χ1) is 13.6. The Balaban J connectivity index is 1.60. The van der Waals surface area contributed by atoms with Gasteiger partial charge in [-0.05, 0) is 23.1 Å². The highest BCUT2D eigenvalue weighted by Gasteiger charge is 2.32. The van der Waals surface area contributed by atoms with Gasteiger partial charge >= 0.3 is 0 Å². The van der Waals surface area contributed by atoms with Crippen molar-refractivity contribution >= 4 is 57.5 Å². The number of nitrogens with zero attached hydrogens (tertiary/aromatic N) is 2. The molecule has 1 aliphatic rings. The fourth-order valence-electron chi connectivity index (χ4n) is 2.78. The number of thiophene rings is 1. The van der Waals surface area contributed by atoms with E-state index in [0.29, 0.717) is 15.8 Å². The predicted molar refractivity (Wildman–Crippen MR) is 118 cm³/mol. The van der Waals surface area contributed by atoms with E-state index in [1.165, 1.54) is 16.7 Å². The fraction of sp³-hybridized carbons (Fsp3) is 0.250. The molecule has 1 saturated heterocycles. The largest absolute Gasteiger partial charge is 0.395 e. The number of hydrogen-bond donors (Lipinski definition) is 1. The Morgan fingerprint density at radius 3 is 2.68 bits per heavy atom. The van der Waals surface area contributed by atoms with E-state index in [4.69, 9.17) is 12.2 Å². The van der Waals surface area contributed by atoms with E-state index in [2.05, 4.69) is 0 Å². The van der Waals surface area contributed by atoms with Crippen LogP contribution in [0.3, 0.4) is 0 Å². The highest BCUT2D eigenvalue weighted by molar-refractivity contribution is 8.26. The molecule has 1 aromatic carbocycles. The van der Waals surface area contributed by atoms with Gasteiger partial charge in [-0.25, -0.2) is 0 Å². The Kier molecular flexibility index (Phi) is 7.38. The number of carbonyl (C=O) groups excluding carboxylic acids is 2. The number of benzene rings is 1. The molecular weight excluding hydrogens is 412 g/mol. The third-order valence-corrected chi connectivity index (χ3v) is 6.38. The summed E-state index contributed by atoms with van der Waals surface area (Å²) in [6.07, 6.45) is 1.99. The first-order valence-electron chi connectivity index (χ1n) is 8.80. The highest BCUT2D eigenvalue weighted by Crippen LogP contribution is 2.33. The second-order valence-electron chi connectivity index (χ2n) is 6.12. The minimum absolute atomic E-state index is 0.108. The molecular formula is C20H20N2O3S3. The summed E-state index contributed by atoms with van der Waals surface area (Å²) >= 11 is 8.15. The van der Waals surface area contributed by atoms with Gasteiger partial charge in [0.25, 0.3) is 5.91 Å². The predicted octanol–water partition coefficient (Wildman–Crippen LogP) is 3.36. The molecule has 0 aliphatic carbocycles. The molecule has 0 atom stereocenters. The van der Waals surface area contributed by atoms with Crippen LogP contribution < -0.4 is 0 Å². The minimum Gasteiger partial charge on any atom is -0.395 e. The van der Waals surface area contributed by atoms with E-state index in [1.807, 2.05) is 53.9 Å². The summed E-state index contributed by atoms with van der Waals surface area (Å²) in [5.74, 6) is -0.276. The SMILES string of the molecule is O=C(CCN1C(=O)/C(=C\c2cccs2)SC1=S)N(CCO)Cc1ccccc1. The Labute approximate surface area is 177 Å². The van der Waals surface area contributed by atoms with E-state index in [9.17, 15) is 14.7 Å². The van der Waals surface area contributed by atoms with Crippen molar-refractivity contribution in [2.24, 2.45) is 0 Å². The van der Waals surface area contributed by atoms with E-state index >= 15 is 0 Å². The van der Waals surface area contributed by atoms with Gasteiger partial charge in [-0.1, -0.05) is 60.4 Å². The Bertz CT molecular complexity index is 866.